The number of hydrogen-bond acceptors (Lipinski definition) is 3. The lowest BCUT2D eigenvalue weighted by Gasteiger charge is -2.28. The van der Waals surface area contributed by atoms with Crippen molar-refractivity contribution >= 4 is 21.6 Å². The molecular formula is C24H21F3N2O3S. The standard InChI is InChI=1S/C24H21F3N2O3S/c1-16-5-9-22(10-6-16)33(31,32)29-12-11-17-7-8-21(14-19(17)15-29)28-23(30)18-3-2-4-20(13-18)24(25,26)27/h2-10,13-14H,11-12,15H2,1H3,(H,28,30). The highest BCUT2D eigenvalue weighted by molar-refractivity contribution is 7.89. The van der Waals surface area contributed by atoms with Gasteiger partial charge in [-0.2, -0.15) is 17.5 Å². The number of fused-ring (bicyclic) bond motifs is 1. The molecule has 1 N–H and O–H groups in total. The summed E-state index contributed by atoms with van der Waals surface area (Å²) in [6, 6.07) is 15.9. The molecule has 172 valence electrons. The second-order valence-electron chi connectivity index (χ2n) is 7.92. The molecule has 0 saturated heterocycles. The van der Waals surface area contributed by atoms with Crippen molar-refractivity contribution in [3.05, 3.63) is 94.5 Å². The van der Waals surface area contributed by atoms with Gasteiger partial charge in [-0.25, -0.2) is 8.42 Å². The van der Waals surface area contributed by atoms with E-state index >= 15 is 0 Å². The van der Waals surface area contributed by atoms with Crippen LogP contribution in [0.2, 0.25) is 0 Å². The second-order valence-corrected chi connectivity index (χ2v) is 9.86. The highest BCUT2D eigenvalue weighted by Crippen LogP contribution is 2.30. The number of halogens is 3. The summed E-state index contributed by atoms with van der Waals surface area (Å²) < 4.78 is 66.3. The van der Waals surface area contributed by atoms with Crippen molar-refractivity contribution in [1.29, 1.82) is 0 Å². The van der Waals surface area contributed by atoms with E-state index < -0.39 is 27.7 Å². The Labute approximate surface area is 189 Å². The fourth-order valence-corrected chi connectivity index (χ4v) is 5.13. The number of sulfonamides is 1. The molecule has 0 spiro atoms. The number of hydrogen-bond donors (Lipinski definition) is 1. The first kappa shape index (κ1) is 23.0. The summed E-state index contributed by atoms with van der Waals surface area (Å²) in [5, 5.41) is 2.60. The smallest absolute Gasteiger partial charge is 0.322 e. The van der Waals surface area contributed by atoms with Crippen LogP contribution in [0.4, 0.5) is 18.9 Å². The monoisotopic (exact) mass is 474 g/mol. The maximum Gasteiger partial charge on any atom is 0.416 e. The van der Waals surface area contributed by atoms with E-state index in [1.54, 1.807) is 42.5 Å². The molecule has 5 nitrogen and oxygen atoms in total. The third kappa shape index (κ3) is 4.94. The van der Waals surface area contributed by atoms with Gasteiger partial charge in [0.25, 0.3) is 5.91 Å². The Morgan fingerprint density at radius 2 is 1.70 bits per heavy atom. The van der Waals surface area contributed by atoms with E-state index in [0.717, 1.165) is 28.8 Å². The summed E-state index contributed by atoms with van der Waals surface area (Å²) in [6.45, 7) is 2.35. The summed E-state index contributed by atoms with van der Waals surface area (Å²) in [6.07, 6.45) is -4.03. The van der Waals surface area contributed by atoms with E-state index in [4.69, 9.17) is 0 Å². The molecule has 1 aliphatic rings. The summed E-state index contributed by atoms with van der Waals surface area (Å²) in [5.74, 6) is -0.680. The van der Waals surface area contributed by atoms with Gasteiger partial charge in [-0.1, -0.05) is 29.8 Å². The fraction of sp³-hybridized carbons (Fsp3) is 0.208. The van der Waals surface area contributed by atoms with Crippen molar-refractivity contribution in [3.63, 3.8) is 0 Å². The van der Waals surface area contributed by atoms with Crippen molar-refractivity contribution < 1.29 is 26.4 Å². The molecule has 0 unspecified atom stereocenters. The SMILES string of the molecule is Cc1ccc(S(=O)(=O)N2CCc3ccc(NC(=O)c4cccc(C(F)(F)F)c4)cc3C2)cc1. The van der Waals surface area contributed by atoms with Crippen LogP contribution in [0, 0.1) is 6.92 Å². The van der Waals surface area contributed by atoms with Crippen LogP contribution in [-0.2, 0) is 29.2 Å². The summed E-state index contributed by atoms with van der Waals surface area (Å²) in [7, 11) is -3.68. The highest BCUT2D eigenvalue weighted by atomic mass is 32.2. The first-order valence-corrected chi connectivity index (χ1v) is 11.7. The molecule has 1 amide bonds. The maximum atomic E-state index is 13.0. The van der Waals surface area contributed by atoms with Gasteiger partial charge in [0.1, 0.15) is 0 Å². The molecule has 1 heterocycles. The average molecular weight is 475 g/mol. The van der Waals surface area contributed by atoms with Gasteiger partial charge in [-0.3, -0.25) is 4.79 Å². The Kier molecular flexibility index (Phi) is 6.02. The van der Waals surface area contributed by atoms with Gasteiger partial charge in [-0.05, 0) is 66.9 Å². The first-order chi connectivity index (χ1) is 15.5. The number of rotatable bonds is 4. The van der Waals surface area contributed by atoms with Crippen LogP contribution in [0.25, 0.3) is 0 Å². The normalized spacial score (nSPS) is 14.5. The van der Waals surface area contributed by atoms with E-state index in [0.29, 0.717) is 18.7 Å². The van der Waals surface area contributed by atoms with Crippen molar-refractivity contribution in [3.8, 4) is 0 Å². The predicted molar refractivity (Wildman–Crippen MR) is 118 cm³/mol. The molecule has 33 heavy (non-hydrogen) atoms. The van der Waals surface area contributed by atoms with Crippen molar-refractivity contribution in [1.82, 2.24) is 4.31 Å². The Balaban J connectivity index is 1.53. The lowest BCUT2D eigenvalue weighted by molar-refractivity contribution is -0.137. The molecule has 0 fully saturated rings. The third-order valence-corrected chi connectivity index (χ3v) is 7.41. The average Bonchev–Trinajstić information content (AvgIpc) is 2.78. The minimum atomic E-state index is -4.55. The lowest BCUT2D eigenvalue weighted by atomic mass is 10.0. The van der Waals surface area contributed by atoms with Crippen LogP contribution >= 0.6 is 0 Å². The number of carbonyl (C=O) groups is 1. The van der Waals surface area contributed by atoms with Gasteiger partial charge in [0.15, 0.2) is 0 Å². The van der Waals surface area contributed by atoms with Crippen LogP contribution in [0.1, 0.15) is 32.6 Å². The van der Waals surface area contributed by atoms with Gasteiger partial charge >= 0.3 is 6.18 Å². The van der Waals surface area contributed by atoms with Crippen molar-refractivity contribution in [2.75, 3.05) is 11.9 Å². The van der Waals surface area contributed by atoms with E-state index in [2.05, 4.69) is 5.32 Å². The van der Waals surface area contributed by atoms with Crippen LogP contribution in [0.15, 0.2) is 71.6 Å². The van der Waals surface area contributed by atoms with Gasteiger partial charge in [-0.15, -0.1) is 0 Å². The zero-order valence-electron chi connectivity index (χ0n) is 17.7. The van der Waals surface area contributed by atoms with Crippen LogP contribution in [-0.4, -0.2) is 25.2 Å². The van der Waals surface area contributed by atoms with Crippen LogP contribution in [0.5, 0.6) is 0 Å². The number of benzene rings is 3. The van der Waals surface area contributed by atoms with E-state index in [9.17, 15) is 26.4 Å². The molecule has 4 rings (SSSR count). The van der Waals surface area contributed by atoms with Crippen molar-refractivity contribution in [2.24, 2.45) is 0 Å². The minimum absolute atomic E-state index is 0.119. The summed E-state index contributed by atoms with van der Waals surface area (Å²) in [4.78, 5) is 12.7. The summed E-state index contributed by atoms with van der Waals surface area (Å²) in [5.41, 5.74) is 2.01. The van der Waals surface area contributed by atoms with Crippen LogP contribution in [0.3, 0.4) is 0 Å². The topological polar surface area (TPSA) is 66.5 Å². The highest BCUT2D eigenvalue weighted by Gasteiger charge is 2.31. The zero-order chi connectivity index (χ0) is 23.8. The molecule has 0 atom stereocenters. The number of nitrogens with one attached hydrogen (secondary N) is 1. The minimum Gasteiger partial charge on any atom is -0.322 e. The van der Waals surface area contributed by atoms with Gasteiger partial charge in [0, 0.05) is 24.3 Å². The summed E-state index contributed by atoms with van der Waals surface area (Å²) >= 11 is 0. The Bertz CT molecular complexity index is 1300. The molecule has 0 aromatic heterocycles. The maximum absolute atomic E-state index is 13.0. The Hall–Kier alpha value is -3.17. The van der Waals surface area contributed by atoms with Gasteiger partial charge < -0.3 is 5.32 Å². The molecule has 0 aliphatic carbocycles. The third-order valence-electron chi connectivity index (χ3n) is 5.55. The molecular weight excluding hydrogens is 453 g/mol. The lowest BCUT2D eigenvalue weighted by Crippen LogP contribution is -2.36. The van der Waals surface area contributed by atoms with E-state index in [1.165, 1.54) is 16.4 Å². The Morgan fingerprint density at radius 1 is 0.970 bits per heavy atom. The molecule has 0 bridgehead atoms. The molecule has 3 aromatic carbocycles. The fourth-order valence-electron chi connectivity index (χ4n) is 3.71. The van der Waals surface area contributed by atoms with Gasteiger partial charge in [0.05, 0.1) is 10.5 Å². The van der Waals surface area contributed by atoms with E-state index in [-0.39, 0.29) is 17.0 Å². The van der Waals surface area contributed by atoms with Crippen LogP contribution < -0.4 is 5.32 Å². The number of anilines is 1. The number of nitrogens with zero attached hydrogens (tertiary/aromatic N) is 1. The predicted octanol–water partition coefficient (Wildman–Crippen LogP) is 5.01. The molecule has 9 heteroatoms. The van der Waals surface area contributed by atoms with Crippen molar-refractivity contribution in [2.45, 2.75) is 31.0 Å². The largest absolute Gasteiger partial charge is 0.416 e. The molecule has 3 aromatic rings. The quantitative estimate of drug-likeness (QED) is 0.578. The second kappa shape index (κ2) is 8.64. The zero-order valence-corrected chi connectivity index (χ0v) is 18.5. The number of aryl methyl sites for hydroxylation is 1. The van der Waals surface area contributed by atoms with Gasteiger partial charge in [0.2, 0.25) is 10.0 Å². The Morgan fingerprint density at radius 3 is 2.39 bits per heavy atom. The number of alkyl halides is 3. The van der Waals surface area contributed by atoms with E-state index in [1.807, 2.05) is 6.92 Å². The number of amides is 1. The molecule has 1 aliphatic heterocycles. The molecule has 0 saturated carbocycles. The molecule has 0 radical (unpaired) electrons. The number of carbonyl (C=O) groups excluding carboxylic acids is 1. The first-order valence-electron chi connectivity index (χ1n) is 10.2.